The Kier molecular flexibility index (Phi) is 1.07. The van der Waals surface area contributed by atoms with Crippen LogP contribution in [0.5, 0.6) is 0 Å². The van der Waals surface area contributed by atoms with Crippen LogP contribution in [-0.4, -0.2) is 10.8 Å². The van der Waals surface area contributed by atoms with E-state index >= 15 is 0 Å². The molecule has 0 spiro atoms. The van der Waals surface area contributed by atoms with Crippen LogP contribution in [0.15, 0.2) is 0 Å². The summed E-state index contributed by atoms with van der Waals surface area (Å²) >= 11 is 3.13. The van der Waals surface area contributed by atoms with Crippen LogP contribution >= 0.6 is 15.9 Å². The fourth-order valence-corrected chi connectivity index (χ4v) is 1.03. The minimum absolute atomic E-state index is 0.192. The molecule has 1 radical (unpaired) electrons. The van der Waals surface area contributed by atoms with Gasteiger partial charge in [-0.1, -0.05) is 15.9 Å². The standard InChI is InChI=1S/C4H4BrO2/c5-3-1-2(3)4(6)7/h2-3H,1H2. The molecule has 0 aromatic rings. The van der Waals surface area contributed by atoms with E-state index in [-0.39, 0.29) is 10.7 Å². The van der Waals surface area contributed by atoms with Gasteiger partial charge >= 0.3 is 5.97 Å². The summed E-state index contributed by atoms with van der Waals surface area (Å²) in [7, 11) is 0. The largest absolute Gasteiger partial charge is 0.359 e. The van der Waals surface area contributed by atoms with Crippen LogP contribution < -0.4 is 0 Å². The van der Waals surface area contributed by atoms with Gasteiger partial charge in [-0.2, -0.15) is 0 Å². The third-order valence-electron chi connectivity index (χ3n) is 1.02. The quantitative estimate of drug-likeness (QED) is 0.526. The van der Waals surface area contributed by atoms with Crippen molar-refractivity contribution in [1.82, 2.24) is 0 Å². The molecular formula is C4H4BrO2. The van der Waals surface area contributed by atoms with Gasteiger partial charge in [-0.15, -0.1) is 0 Å². The summed E-state index contributed by atoms with van der Waals surface area (Å²) in [5.74, 6) is -1.14. The lowest BCUT2D eigenvalue weighted by molar-refractivity contribution is -0.144. The molecular weight excluding hydrogens is 160 g/mol. The highest BCUT2D eigenvalue weighted by atomic mass is 79.9. The van der Waals surface area contributed by atoms with Crippen molar-refractivity contribution in [2.45, 2.75) is 11.2 Å². The SMILES string of the molecule is [O]C(=O)C1CC1Br. The molecule has 0 N–H and O–H groups in total. The number of rotatable bonds is 1. The molecule has 0 amide bonds. The Labute approximate surface area is 49.7 Å². The number of carbonyl (C=O) groups is 1. The van der Waals surface area contributed by atoms with Gasteiger partial charge in [-0.05, 0) is 6.42 Å². The van der Waals surface area contributed by atoms with Crippen molar-refractivity contribution in [2.75, 3.05) is 0 Å². The highest BCUT2D eigenvalue weighted by Gasteiger charge is 2.42. The highest BCUT2D eigenvalue weighted by Crippen LogP contribution is 2.37. The van der Waals surface area contributed by atoms with Crippen molar-refractivity contribution in [3.63, 3.8) is 0 Å². The predicted octanol–water partition coefficient (Wildman–Crippen LogP) is 0.727. The van der Waals surface area contributed by atoms with Gasteiger partial charge in [0.2, 0.25) is 0 Å². The topological polar surface area (TPSA) is 37.0 Å². The summed E-state index contributed by atoms with van der Waals surface area (Å²) in [5, 5.41) is 9.83. The van der Waals surface area contributed by atoms with Crippen molar-refractivity contribution < 1.29 is 9.90 Å². The average Bonchev–Trinajstić information content (AvgIpc) is 2.17. The van der Waals surface area contributed by atoms with Crippen LogP contribution in [0.1, 0.15) is 6.42 Å². The maximum Gasteiger partial charge on any atom is 0.359 e. The zero-order chi connectivity index (χ0) is 5.44. The van der Waals surface area contributed by atoms with Crippen LogP contribution in [0.3, 0.4) is 0 Å². The van der Waals surface area contributed by atoms with Crippen LogP contribution in [0.2, 0.25) is 0 Å². The molecule has 0 bridgehead atoms. The highest BCUT2D eigenvalue weighted by molar-refractivity contribution is 9.09. The van der Waals surface area contributed by atoms with Crippen LogP contribution in [-0.2, 0) is 9.90 Å². The third kappa shape index (κ3) is 0.938. The number of hydrogen-bond acceptors (Lipinski definition) is 1. The molecule has 2 atom stereocenters. The van der Waals surface area contributed by atoms with E-state index in [0.29, 0.717) is 0 Å². The molecule has 1 fully saturated rings. The van der Waals surface area contributed by atoms with Gasteiger partial charge in [-0.25, -0.2) is 9.90 Å². The maximum absolute atomic E-state index is 9.83. The normalized spacial score (nSPS) is 37.9. The van der Waals surface area contributed by atoms with E-state index in [1.807, 2.05) is 0 Å². The lowest BCUT2D eigenvalue weighted by atomic mass is 10.5. The molecule has 1 rings (SSSR count). The molecule has 1 aliphatic carbocycles. The Morgan fingerprint density at radius 2 is 2.14 bits per heavy atom. The minimum atomic E-state index is -0.929. The predicted molar refractivity (Wildman–Crippen MR) is 26.5 cm³/mol. The lowest BCUT2D eigenvalue weighted by Gasteiger charge is -1.73. The Bertz CT molecular complexity index is 102. The van der Waals surface area contributed by atoms with Crippen molar-refractivity contribution >= 4 is 21.9 Å². The second-order valence-corrected chi connectivity index (χ2v) is 2.85. The second kappa shape index (κ2) is 1.47. The molecule has 39 valence electrons. The molecule has 0 aromatic heterocycles. The summed E-state index contributed by atoms with van der Waals surface area (Å²) in [6.07, 6.45) is 0.738. The Morgan fingerprint density at radius 1 is 1.71 bits per heavy atom. The Hall–Kier alpha value is -0.0500. The first-order valence-electron chi connectivity index (χ1n) is 2.06. The molecule has 1 saturated carbocycles. The zero-order valence-electron chi connectivity index (χ0n) is 3.56. The van der Waals surface area contributed by atoms with Crippen molar-refractivity contribution in [3.05, 3.63) is 0 Å². The fraction of sp³-hybridized carbons (Fsp3) is 0.750. The zero-order valence-corrected chi connectivity index (χ0v) is 5.14. The van der Waals surface area contributed by atoms with Gasteiger partial charge < -0.3 is 0 Å². The summed E-state index contributed by atoms with van der Waals surface area (Å²) in [6, 6.07) is 0. The molecule has 0 aromatic carbocycles. The third-order valence-corrected chi connectivity index (χ3v) is 2.03. The van der Waals surface area contributed by atoms with E-state index < -0.39 is 5.97 Å². The summed E-state index contributed by atoms with van der Waals surface area (Å²) in [5.41, 5.74) is 0. The van der Waals surface area contributed by atoms with E-state index in [1.54, 1.807) is 0 Å². The molecule has 0 aliphatic heterocycles. The van der Waals surface area contributed by atoms with Crippen LogP contribution in [0.4, 0.5) is 0 Å². The molecule has 7 heavy (non-hydrogen) atoms. The number of hydrogen-bond donors (Lipinski definition) is 0. The Morgan fingerprint density at radius 3 is 2.14 bits per heavy atom. The summed E-state index contributed by atoms with van der Waals surface area (Å²) in [4.78, 5) is 10.0. The Balaban J connectivity index is 2.33. The minimum Gasteiger partial charge on any atom is -0.247 e. The maximum atomic E-state index is 9.83. The summed E-state index contributed by atoms with van der Waals surface area (Å²) in [6.45, 7) is 0. The van der Waals surface area contributed by atoms with E-state index in [1.165, 1.54) is 0 Å². The van der Waals surface area contributed by atoms with E-state index in [0.717, 1.165) is 6.42 Å². The van der Waals surface area contributed by atoms with E-state index in [2.05, 4.69) is 15.9 Å². The lowest BCUT2D eigenvalue weighted by Crippen LogP contribution is -1.95. The van der Waals surface area contributed by atoms with Crippen LogP contribution in [0.25, 0.3) is 0 Å². The first-order valence-corrected chi connectivity index (χ1v) is 2.98. The van der Waals surface area contributed by atoms with Gasteiger partial charge in [0.1, 0.15) is 0 Å². The van der Waals surface area contributed by atoms with Gasteiger partial charge in [0.25, 0.3) is 0 Å². The van der Waals surface area contributed by atoms with Crippen molar-refractivity contribution in [3.8, 4) is 0 Å². The van der Waals surface area contributed by atoms with Gasteiger partial charge in [0.15, 0.2) is 0 Å². The molecule has 1 aliphatic rings. The molecule has 3 heteroatoms. The fourth-order valence-electron chi connectivity index (χ4n) is 0.408. The van der Waals surface area contributed by atoms with Crippen LogP contribution in [0, 0.1) is 5.92 Å². The first-order chi connectivity index (χ1) is 3.22. The average molecular weight is 164 g/mol. The molecule has 2 unspecified atom stereocenters. The molecule has 0 saturated heterocycles. The number of alkyl halides is 1. The number of halogens is 1. The van der Waals surface area contributed by atoms with Gasteiger partial charge in [-0.3, -0.25) is 0 Å². The monoisotopic (exact) mass is 163 g/mol. The smallest absolute Gasteiger partial charge is 0.247 e. The first kappa shape index (κ1) is 5.09. The summed E-state index contributed by atoms with van der Waals surface area (Å²) < 4.78 is 0. The molecule has 2 nitrogen and oxygen atoms in total. The second-order valence-electron chi connectivity index (χ2n) is 1.68. The van der Waals surface area contributed by atoms with Crippen molar-refractivity contribution in [1.29, 1.82) is 0 Å². The van der Waals surface area contributed by atoms with Crippen molar-refractivity contribution in [2.24, 2.45) is 5.92 Å². The van der Waals surface area contributed by atoms with Gasteiger partial charge in [0.05, 0.1) is 5.92 Å². The number of carbonyl (C=O) groups excluding carboxylic acids is 1. The van der Waals surface area contributed by atoms with E-state index in [4.69, 9.17) is 0 Å². The molecule has 0 heterocycles. The van der Waals surface area contributed by atoms with E-state index in [9.17, 15) is 9.90 Å². The van der Waals surface area contributed by atoms with Gasteiger partial charge in [0, 0.05) is 4.83 Å².